The van der Waals surface area contributed by atoms with Crippen LogP contribution < -0.4 is 4.74 Å². The summed E-state index contributed by atoms with van der Waals surface area (Å²) in [5.74, 6) is 0.539. The molecule has 70 valence electrons. The summed E-state index contributed by atoms with van der Waals surface area (Å²) < 4.78 is 5.10. The summed E-state index contributed by atoms with van der Waals surface area (Å²) in [6.07, 6.45) is 0. The largest absolute Gasteiger partial charge is 0.477 e. The van der Waals surface area contributed by atoms with Crippen LogP contribution in [-0.2, 0) is 0 Å². The third-order valence-electron chi connectivity index (χ3n) is 1.72. The minimum atomic E-state index is -0.0104. The Morgan fingerprint density at radius 2 is 2.23 bits per heavy atom. The zero-order chi connectivity index (χ0) is 9.84. The maximum atomic E-state index is 11.2. The molecule has 0 aromatic heterocycles. The van der Waals surface area contributed by atoms with Crippen LogP contribution in [0.5, 0.6) is 5.75 Å². The number of carbonyl (C=O) groups excluding carboxylic acids is 1. The van der Waals surface area contributed by atoms with Gasteiger partial charge in [0.1, 0.15) is 5.75 Å². The molecule has 0 N–H and O–H groups in total. The topological polar surface area (TPSA) is 26.3 Å². The number of carbonyl (C=O) groups is 1. The molecule has 0 saturated carbocycles. The highest BCUT2D eigenvalue weighted by Gasteiger charge is 2.07. The van der Waals surface area contributed by atoms with Crippen LogP contribution in [0.4, 0.5) is 0 Å². The van der Waals surface area contributed by atoms with Gasteiger partial charge in [-0.3, -0.25) is 4.79 Å². The molecule has 0 bridgehead atoms. The molecule has 0 atom stereocenters. The number of ether oxygens (including phenoxy) is 1. The molecule has 1 rings (SSSR count). The van der Waals surface area contributed by atoms with E-state index in [-0.39, 0.29) is 11.8 Å². The molecule has 1 aromatic rings. The number of benzene rings is 1. The van der Waals surface area contributed by atoms with Crippen molar-refractivity contribution in [2.75, 3.05) is 6.07 Å². The summed E-state index contributed by atoms with van der Waals surface area (Å²) in [4.78, 5) is 11.2. The molecule has 0 amide bonds. The highest BCUT2D eigenvalue weighted by atomic mass is 35.5. The lowest BCUT2D eigenvalue weighted by molar-refractivity contribution is 0.101. The Bertz CT molecular complexity index is 321. The fourth-order valence-electron chi connectivity index (χ4n) is 1.10. The van der Waals surface area contributed by atoms with Crippen molar-refractivity contribution in [1.82, 2.24) is 0 Å². The first-order valence-corrected chi connectivity index (χ1v) is 4.49. The van der Waals surface area contributed by atoms with Crippen molar-refractivity contribution in [3.05, 3.63) is 29.3 Å². The van der Waals surface area contributed by atoms with Crippen LogP contribution >= 0.6 is 11.6 Å². The van der Waals surface area contributed by atoms with Crippen molar-refractivity contribution in [2.24, 2.45) is 0 Å². The van der Waals surface area contributed by atoms with Crippen LogP contribution in [0.25, 0.3) is 0 Å². The maximum Gasteiger partial charge on any atom is 0.163 e. The first-order valence-electron chi connectivity index (χ1n) is 3.95. The summed E-state index contributed by atoms with van der Waals surface area (Å²) in [5, 5.41) is 0. The molecule has 0 unspecified atom stereocenters. The fraction of sp³-hybridized carbons (Fsp3) is 0.300. The summed E-state index contributed by atoms with van der Waals surface area (Å²) in [6, 6.07) is 5.50. The quantitative estimate of drug-likeness (QED) is 0.552. The van der Waals surface area contributed by atoms with Gasteiger partial charge in [-0.05, 0) is 26.0 Å². The Morgan fingerprint density at radius 3 is 2.77 bits per heavy atom. The van der Waals surface area contributed by atoms with Crippen molar-refractivity contribution < 1.29 is 9.53 Å². The lowest BCUT2D eigenvalue weighted by Crippen LogP contribution is -1.99. The maximum absolute atomic E-state index is 11.2. The molecule has 0 aliphatic carbocycles. The molecule has 0 aliphatic rings. The number of rotatable bonds is 3. The SMILES string of the molecule is CC(=O)c1cc(C)ccc1OCCl. The predicted octanol–water partition coefficient (Wildman–Crippen LogP) is 2.77. The van der Waals surface area contributed by atoms with Crippen molar-refractivity contribution in [1.29, 1.82) is 0 Å². The van der Waals surface area contributed by atoms with E-state index < -0.39 is 0 Å². The van der Waals surface area contributed by atoms with Gasteiger partial charge < -0.3 is 4.74 Å². The van der Waals surface area contributed by atoms with Gasteiger partial charge >= 0.3 is 0 Å². The van der Waals surface area contributed by atoms with E-state index in [9.17, 15) is 4.79 Å². The molecular weight excluding hydrogens is 188 g/mol. The van der Waals surface area contributed by atoms with Gasteiger partial charge in [0.2, 0.25) is 0 Å². The van der Waals surface area contributed by atoms with E-state index in [1.165, 1.54) is 6.92 Å². The highest BCUT2D eigenvalue weighted by Crippen LogP contribution is 2.20. The number of hydrogen-bond donors (Lipinski definition) is 0. The van der Waals surface area contributed by atoms with Crippen molar-refractivity contribution in [3.63, 3.8) is 0 Å². The Kier molecular flexibility index (Phi) is 3.32. The van der Waals surface area contributed by atoms with Crippen LogP contribution in [0.15, 0.2) is 18.2 Å². The van der Waals surface area contributed by atoms with E-state index >= 15 is 0 Å². The van der Waals surface area contributed by atoms with Crippen LogP contribution in [0.2, 0.25) is 0 Å². The smallest absolute Gasteiger partial charge is 0.163 e. The average Bonchev–Trinajstić information content (AvgIpc) is 2.08. The van der Waals surface area contributed by atoms with E-state index in [2.05, 4.69) is 0 Å². The average molecular weight is 199 g/mol. The molecule has 0 fully saturated rings. The Hall–Kier alpha value is -1.02. The molecule has 1 aromatic carbocycles. The Balaban J connectivity index is 3.10. The second-order valence-corrected chi connectivity index (χ2v) is 3.03. The normalized spacial score (nSPS) is 9.77. The van der Waals surface area contributed by atoms with Gasteiger partial charge in [0, 0.05) is 0 Å². The van der Waals surface area contributed by atoms with Gasteiger partial charge in [0.25, 0.3) is 0 Å². The monoisotopic (exact) mass is 198 g/mol. The number of alkyl halides is 1. The molecule has 0 saturated heterocycles. The minimum Gasteiger partial charge on any atom is -0.477 e. The van der Waals surface area contributed by atoms with E-state index in [0.29, 0.717) is 11.3 Å². The van der Waals surface area contributed by atoms with E-state index in [4.69, 9.17) is 16.3 Å². The zero-order valence-electron chi connectivity index (χ0n) is 7.63. The van der Waals surface area contributed by atoms with Gasteiger partial charge in [-0.25, -0.2) is 0 Å². The van der Waals surface area contributed by atoms with Gasteiger partial charge in [-0.2, -0.15) is 0 Å². The second-order valence-electron chi connectivity index (χ2n) is 2.81. The molecule has 0 aliphatic heterocycles. The lowest BCUT2D eigenvalue weighted by atomic mass is 10.1. The van der Waals surface area contributed by atoms with Crippen molar-refractivity contribution in [3.8, 4) is 5.75 Å². The van der Waals surface area contributed by atoms with E-state index in [1.807, 2.05) is 13.0 Å². The number of aryl methyl sites for hydroxylation is 1. The van der Waals surface area contributed by atoms with Crippen LogP contribution in [0.1, 0.15) is 22.8 Å². The predicted molar refractivity (Wildman–Crippen MR) is 52.5 cm³/mol. The van der Waals surface area contributed by atoms with Crippen molar-refractivity contribution >= 4 is 17.4 Å². The van der Waals surface area contributed by atoms with Gasteiger partial charge in [0.15, 0.2) is 11.8 Å². The fourth-order valence-corrected chi connectivity index (χ4v) is 1.22. The standard InChI is InChI=1S/C10H11ClO2/c1-7-3-4-10(13-6-11)9(5-7)8(2)12/h3-5H,6H2,1-2H3. The lowest BCUT2D eigenvalue weighted by Gasteiger charge is -2.07. The minimum absolute atomic E-state index is 0.0104. The zero-order valence-corrected chi connectivity index (χ0v) is 8.39. The van der Waals surface area contributed by atoms with Crippen molar-refractivity contribution in [2.45, 2.75) is 13.8 Å². The molecule has 0 heterocycles. The third kappa shape index (κ3) is 2.46. The van der Waals surface area contributed by atoms with Crippen LogP contribution in [0, 0.1) is 6.92 Å². The summed E-state index contributed by atoms with van der Waals surface area (Å²) in [7, 11) is 0. The number of ketones is 1. The molecule has 3 heteroatoms. The van der Waals surface area contributed by atoms with E-state index in [0.717, 1.165) is 5.56 Å². The second kappa shape index (κ2) is 4.28. The summed E-state index contributed by atoms with van der Waals surface area (Å²) in [5.41, 5.74) is 1.62. The highest BCUT2D eigenvalue weighted by molar-refractivity contribution is 6.17. The summed E-state index contributed by atoms with van der Waals surface area (Å²) in [6.45, 7) is 3.44. The first kappa shape index (κ1) is 10.1. The Labute approximate surface area is 82.5 Å². The van der Waals surface area contributed by atoms with Gasteiger partial charge in [0.05, 0.1) is 5.56 Å². The summed E-state index contributed by atoms with van der Waals surface area (Å²) >= 11 is 5.42. The van der Waals surface area contributed by atoms with E-state index in [1.54, 1.807) is 12.1 Å². The number of Topliss-reactive ketones (excluding diaryl/α,β-unsaturated/α-hetero) is 1. The van der Waals surface area contributed by atoms with Gasteiger partial charge in [-0.1, -0.05) is 23.2 Å². The third-order valence-corrected chi connectivity index (χ3v) is 1.83. The number of hydrogen-bond acceptors (Lipinski definition) is 2. The first-order chi connectivity index (χ1) is 6.15. The molecule has 2 nitrogen and oxygen atoms in total. The van der Waals surface area contributed by atoms with Crippen LogP contribution in [-0.4, -0.2) is 11.8 Å². The molecule has 0 spiro atoms. The molecule has 0 radical (unpaired) electrons. The number of halogens is 1. The molecular formula is C10H11ClO2. The Morgan fingerprint density at radius 1 is 1.54 bits per heavy atom. The van der Waals surface area contributed by atoms with Crippen LogP contribution in [0.3, 0.4) is 0 Å². The van der Waals surface area contributed by atoms with Gasteiger partial charge in [-0.15, -0.1) is 0 Å². The molecule has 13 heavy (non-hydrogen) atoms.